The van der Waals surface area contributed by atoms with Gasteiger partial charge < -0.3 is 4.74 Å². The number of hydrogen-bond acceptors (Lipinski definition) is 2. The Hall–Kier alpha value is -0.500. The van der Waals surface area contributed by atoms with Crippen LogP contribution in [0.1, 0.15) is 32.6 Å². The van der Waals surface area contributed by atoms with E-state index in [2.05, 4.69) is 12.2 Å². The lowest BCUT2D eigenvalue weighted by Gasteiger charge is -2.28. The highest BCUT2D eigenvalue weighted by Gasteiger charge is 2.50. The number of halogens is 1. The highest BCUT2D eigenvalue weighted by molar-refractivity contribution is 6.17. The Balaban J connectivity index is 1.83. The van der Waals surface area contributed by atoms with Crippen LogP contribution in [0.3, 0.4) is 0 Å². The number of fused-ring (bicyclic) bond motifs is 2. The van der Waals surface area contributed by atoms with E-state index in [9.17, 15) is 4.79 Å². The van der Waals surface area contributed by atoms with Gasteiger partial charge in [-0.25, -0.2) is 0 Å². The van der Waals surface area contributed by atoms with Crippen LogP contribution in [0.15, 0.2) is 12.2 Å². The maximum Gasteiger partial charge on any atom is 0.312 e. The first-order valence-corrected chi connectivity index (χ1v) is 6.62. The minimum atomic E-state index is -0.264. The smallest absolute Gasteiger partial charge is 0.312 e. The molecule has 0 radical (unpaired) electrons. The van der Waals surface area contributed by atoms with Crippen molar-refractivity contribution in [2.45, 2.75) is 32.6 Å². The Morgan fingerprint density at radius 1 is 1.50 bits per heavy atom. The Kier molecular flexibility index (Phi) is 3.58. The first-order valence-electron chi connectivity index (χ1n) is 6.08. The number of unbranched alkanes of at least 4 members (excludes halogenated alkanes) is 1. The quantitative estimate of drug-likeness (QED) is 0.320. The SMILES string of the molecule is CC1(C(=O)OCCCCCl)CC2C=CC1C2. The van der Waals surface area contributed by atoms with Gasteiger partial charge in [0, 0.05) is 5.88 Å². The van der Waals surface area contributed by atoms with E-state index in [0.717, 1.165) is 25.7 Å². The zero-order valence-corrected chi connectivity index (χ0v) is 10.5. The zero-order chi connectivity index (χ0) is 11.6. The second kappa shape index (κ2) is 4.79. The normalized spacial score (nSPS) is 35.6. The fourth-order valence-electron chi connectivity index (χ4n) is 2.86. The van der Waals surface area contributed by atoms with E-state index in [1.54, 1.807) is 0 Å². The lowest BCUT2D eigenvalue weighted by molar-refractivity contribution is -0.156. The molecule has 2 aliphatic carbocycles. The molecule has 0 spiro atoms. The molecule has 0 amide bonds. The van der Waals surface area contributed by atoms with E-state index in [4.69, 9.17) is 16.3 Å². The fraction of sp³-hybridized carbons (Fsp3) is 0.769. The minimum absolute atomic E-state index is 0.0149. The van der Waals surface area contributed by atoms with Crippen LogP contribution < -0.4 is 0 Å². The molecule has 0 aliphatic heterocycles. The van der Waals surface area contributed by atoms with E-state index in [-0.39, 0.29) is 11.4 Å². The van der Waals surface area contributed by atoms with E-state index in [1.807, 2.05) is 6.92 Å². The molecule has 2 nitrogen and oxygen atoms in total. The third-order valence-corrected chi connectivity index (χ3v) is 4.17. The van der Waals surface area contributed by atoms with Gasteiger partial charge in [0.1, 0.15) is 0 Å². The van der Waals surface area contributed by atoms with Crippen LogP contribution >= 0.6 is 11.6 Å². The maximum absolute atomic E-state index is 12.0. The zero-order valence-electron chi connectivity index (χ0n) is 9.75. The van der Waals surface area contributed by atoms with Crippen molar-refractivity contribution >= 4 is 17.6 Å². The number of allylic oxidation sites excluding steroid dienone is 2. The number of alkyl halides is 1. The van der Waals surface area contributed by atoms with Crippen LogP contribution in [-0.4, -0.2) is 18.5 Å². The molecule has 0 aromatic rings. The summed E-state index contributed by atoms with van der Waals surface area (Å²) >= 11 is 5.57. The maximum atomic E-state index is 12.0. The van der Waals surface area contributed by atoms with E-state index < -0.39 is 0 Å². The molecule has 2 rings (SSSR count). The Morgan fingerprint density at radius 2 is 2.31 bits per heavy atom. The molecule has 3 unspecified atom stereocenters. The van der Waals surface area contributed by atoms with Gasteiger partial charge in [-0.05, 0) is 44.4 Å². The van der Waals surface area contributed by atoms with Crippen molar-refractivity contribution < 1.29 is 9.53 Å². The summed E-state index contributed by atoms with van der Waals surface area (Å²) in [6, 6.07) is 0. The number of esters is 1. The van der Waals surface area contributed by atoms with Gasteiger partial charge in [0.15, 0.2) is 0 Å². The van der Waals surface area contributed by atoms with Gasteiger partial charge in [0.05, 0.1) is 12.0 Å². The summed E-state index contributed by atoms with van der Waals surface area (Å²) in [5, 5.41) is 0. The van der Waals surface area contributed by atoms with Crippen molar-refractivity contribution in [1.29, 1.82) is 0 Å². The van der Waals surface area contributed by atoms with Gasteiger partial charge >= 0.3 is 5.97 Å². The average Bonchev–Trinajstić information content (AvgIpc) is 2.84. The minimum Gasteiger partial charge on any atom is -0.465 e. The van der Waals surface area contributed by atoms with Crippen LogP contribution in [0.25, 0.3) is 0 Å². The molecule has 90 valence electrons. The van der Waals surface area contributed by atoms with Gasteiger partial charge in [0.25, 0.3) is 0 Å². The molecule has 3 atom stereocenters. The van der Waals surface area contributed by atoms with E-state index in [0.29, 0.717) is 24.3 Å². The summed E-state index contributed by atoms with van der Waals surface area (Å²) in [5.74, 6) is 1.63. The average molecular weight is 243 g/mol. The Labute approximate surface area is 102 Å². The first-order chi connectivity index (χ1) is 7.66. The highest BCUT2D eigenvalue weighted by atomic mass is 35.5. The van der Waals surface area contributed by atoms with Gasteiger partial charge in [-0.3, -0.25) is 4.79 Å². The van der Waals surface area contributed by atoms with Crippen molar-refractivity contribution in [2.24, 2.45) is 17.3 Å². The molecule has 0 saturated heterocycles. The van der Waals surface area contributed by atoms with Crippen LogP contribution in [0.2, 0.25) is 0 Å². The predicted octanol–water partition coefficient (Wildman–Crippen LogP) is 3.15. The predicted molar refractivity (Wildman–Crippen MR) is 64.4 cm³/mol. The molecule has 0 aromatic heterocycles. The standard InChI is InChI=1S/C13H19ClO2/c1-13(9-10-4-5-11(13)8-10)12(15)16-7-3-2-6-14/h4-5,10-11H,2-3,6-9H2,1H3. The molecule has 2 bridgehead atoms. The van der Waals surface area contributed by atoms with Gasteiger partial charge in [-0.2, -0.15) is 0 Å². The number of carbonyl (C=O) groups is 1. The lowest BCUT2D eigenvalue weighted by Crippen LogP contribution is -2.34. The number of hydrogen-bond donors (Lipinski definition) is 0. The van der Waals surface area contributed by atoms with E-state index in [1.165, 1.54) is 0 Å². The summed E-state index contributed by atoms with van der Waals surface area (Å²) in [7, 11) is 0. The number of rotatable bonds is 5. The van der Waals surface area contributed by atoms with Crippen molar-refractivity contribution in [1.82, 2.24) is 0 Å². The molecular weight excluding hydrogens is 224 g/mol. The monoisotopic (exact) mass is 242 g/mol. The topological polar surface area (TPSA) is 26.3 Å². The van der Waals surface area contributed by atoms with Crippen LogP contribution in [0, 0.1) is 17.3 Å². The lowest BCUT2D eigenvalue weighted by atomic mass is 9.78. The summed E-state index contributed by atoms with van der Waals surface area (Å²) in [6.07, 6.45) is 8.31. The third kappa shape index (κ3) is 2.13. The van der Waals surface area contributed by atoms with Crippen LogP contribution in [-0.2, 0) is 9.53 Å². The van der Waals surface area contributed by atoms with Crippen LogP contribution in [0.4, 0.5) is 0 Å². The number of ether oxygens (including phenoxy) is 1. The Bertz CT molecular complexity index is 300. The Morgan fingerprint density at radius 3 is 2.88 bits per heavy atom. The second-order valence-electron chi connectivity index (χ2n) is 5.14. The molecule has 3 heteroatoms. The van der Waals surface area contributed by atoms with E-state index >= 15 is 0 Å². The van der Waals surface area contributed by atoms with Crippen LogP contribution in [0.5, 0.6) is 0 Å². The van der Waals surface area contributed by atoms with Crippen molar-refractivity contribution in [3.05, 3.63) is 12.2 Å². The molecule has 1 saturated carbocycles. The summed E-state index contributed by atoms with van der Waals surface area (Å²) in [5.41, 5.74) is -0.264. The summed E-state index contributed by atoms with van der Waals surface area (Å²) < 4.78 is 5.35. The molecule has 1 fully saturated rings. The summed E-state index contributed by atoms with van der Waals surface area (Å²) in [4.78, 5) is 12.0. The largest absolute Gasteiger partial charge is 0.465 e. The third-order valence-electron chi connectivity index (χ3n) is 3.90. The molecular formula is C13H19ClO2. The van der Waals surface area contributed by atoms with Crippen molar-refractivity contribution in [3.63, 3.8) is 0 Å². The second-order valence-corrected chi connectivity index (χ2v) is 5.52. The summed E-state index contributed by atoms with van der Waals surface area (Å²) in [6.45, 7) is 2.56. The van der Waals surface area contributed by atoms with Gasteiger partial charge in [-0.15, -0.1) is 11.6 Å². The van der Waals surface area contributed by atoms with Crippen molar-refractivity contribution in [3.8, 4) is 0 Å². The van der Waals surface area contributed by atoms with Crippen molar-refractivity contribution in [2.75, 3.05) is 12.5 Å². The molecule has 0 N–H and O–H groups in total. The van der Waals surface area contributed by atoms with Gasteiger partial charge in [0.2, 0.25) is 0 Å². The first kappa shape index (κ1) is 12.0. The molecule has 0 aromatic carbocycles. The fourth-order valence-corrected chi connectivity index (χ4v) is 3.04. The highest BCUT2D eigenvalue weighted by Crippen LogP contribution is 2.52. The number of carbonyl (C=O) groups excluding carboxylic acids is 1. The molecule has 0 heterocycles. The molecule has 16 heavy (non-hydrogen) atoms. The van der Waals surface area contributed by atoms with Gasteiger partial charge in [-0.1, -0.05) is 12.2 Å². The molecule has 2 aliphatic rings.